The third-order valence-electron chi connectivity index (χ3n) is 5.21. The molecule has 0 spiro atoms. The molecule has 0 unspecified atom stereocenters. The molecule has 28 heavy (non-hydrogen) atoms. The number of rotatable bonds is 7. The molecule has 0 saturated carbocycles. The van der Waals surface area contributed by atoms with Crippen LogP contribution in [0.1, 0.15) is 24.4 Å². The number of hydrogen-bond acceptors (Lipinski definition) is 3. The van der Waals surface area contributed by atoms with Crippen LogP contribution < -0.4 is 14.5 Å². The number of anilines is 1. The summed E-state index contributed by atoms with van der Waals surface area (Å²) >= 11 is 0. The molecule has 1 saturated heterocycles. The molecule has 2 N–H and O–H groups in total. The van der Waals surface area contributed by atoms with Crippen LogP contribution in [-0.2, 0) is 10.0 Å². The summed E-state index contributed by atoms with van der Waals surface area (Å²) in [6.07, 6.45) is 2.20. The largest absolute Gasteiger partial charge is 0.378 e. The summed E-state index contributed by atoms with van der Waals surface area (Å²) < 4.78 is 54.7. The Bertz CT molecular complexity index is 912. The van der Waals surface area contributed by atoms with Gasteiger partial charge < -0.3 is 9.80 Å². The highest BCUT2D eigenvalue weighted by Gasteiger charge is 2.30. The Labute approximate surface area is 165 Å². The van der Waals surface area contributed by atoms with Gasteiger partial charge in [0.05, 0.1) is 19.6 Å². The monoisotopic (exact) mass is 410 g/mol. The summed E-state index contributed by atoms with van der Waals surface area (Å²) in [6.45, 7) is 2.08. The van der Waals surface area contributed by atoms with Crippen molar-refractivity contribution in [3.63, 3.8) is 0 Å². The van der Waals surface area contributed by atoms with Crippen molar-refractivity contribution in [2.45, 2.75) is 23.8 Å². The zero-order chi connectivity index (χ0) is 20.3. The molecule has 2 aromatic rings. The molecule has 3 rings (SSSR count). The minimum absolute atomic E-state index is 0.0722. The number of likely N-dealkylation sites (tertiary alicyclic amines) is 1. The Morgan fingerprint density at radius 2 is 1.71 bits per heavy atom. The Morgan fingerprint density at radius 3 is 2.29 bits per heavy atom. The van der Waals surface area contributed by atoms with E-state index in [1.165, 1.54) is 4.90 Å². The molecule has 2 aromatic carbocycles. The van der Waals surface area contributed by atoms with Crippen LogP contribution in [0.25, 0.3) is 0 Å². The van der Waals surface area contributed by atoms with Crippen molar-refractivity contribution >= 4 is 15.7 Å². The van der Waals surface area contributed by atoms with Crippen LogP contribution in [0.5, 0.6) is 0 Å². The number of nitrogens with zero attached hydrogens (tertiary/aromatic N) is 1. The number of nitrogens with one attached hydrogen (secondary N) is 2. The van der Waals surface area contributed by atoms with E-state index in [1.54, 1.807) is 0 Å². The Morgan fingerprint density at radius 1 is 1.07 bits per heavy atom. The van der Waals surface area contributed by atoms with Crippen molar-refractivity contribution in [2.24, 2.45) is 0 Å². The maximum Gasteiger partial charge on any atom is 0.243 e. The van der Waals surface area contributed by atoms with Crippen molar-refractivity contribution in [3.05, 3.63) is 59.7 Å². The van der Waals surface area contributed by atoms with Crippen LogP contribution in [0.3, 0.4) is 0 Å². The number of hydrogen-bond donors (Lipinski definition) is 2. The maximum absolute atomic E-state index is 13.9. The highest BCUT2D eigenvalue weighted by Crippen LogP contribution is 2.19. The van der Waals surface area contributed by atoms with E-state index in [4.69, 9.17) is 0 Å². The fraction of sp³-hybridized carbons (Fsp3) is 0.400. The van der Waals surface area contributed by atoms with Crippen LogP contribution in [0.4, 0.5) is 14.5 Å². The second-order valence-electron chi connectivity index (χ2n) is 7.33. The summed E-state index contributed by atoms with van der Waals surface area (Å²) in [7, 11) is -0.151. The van der Waals surface area contributed by atoms with E-state index in [9.17, 15) is 17.2 Å². The summed E-state index contributed by atoms with van der Waals surface area (Å²) in [5.41, 5.74) is 2.10. The molecule has 5 nitrogen and oxygen atoms in total. The summed E-state index contributed by atoms with van der Waals surface area (Å²) in [5.74, 6) is -1.90. The minimum Gasteiger partial charge on any atom is -0.378 e. The zero-order valence-corrected chi connectivity index (χ0v) is 16.9. The fourth-order valence-corrected chi connectivity index (χ4v) is 4.75. The van der Waals surface area contributed by atoms with Crippen LogP contribution in [0.15, 0.2) is 47.4 Å². The average Bonchev–Trinajstić information content (AvgIpc) is 3.16. The first kappa shape index (κ1) is 20.7. The quantitative estimate of drug-likeness (QED) is 0.731. The Hall–Kier alpha value is -2.03. The average molecular weight is 411 g/mol. The standard InChI is InChI=1S/C20H25F2N3O2S/c1-24(2)17-8-5-15(6-9-17)19(25-11-3-4-12-25)14-23-28(26,27)20-10-7-16(21)13-18(20)22/h5-10,13,19,23H,3-4,11-12,14H2,1-2H3/p+1/t19-/m1/s1. The second-order valence-corrected chi connectivity index (χ2v) is 9.07. The van der Waals surface area contributed by atoms with Crippen LogP contribution in [0.2, 0.25) is 0 Å². The van der Waals surface area contributed by atoms with Gasteiger partial charge in [-0.1, -0.05) is 12.1 Å². The fourth-order valence-electron chi connectivity index (χ4n) is 3.64. The lowest BCUT2D eigenvalue weighted by atomic mass is 10.1. The summed E-state index contributed by atoms with van der Waals surface area (Å²) in [4.78, 5) is 2.77. The topological polar surface area (TPSA) is 53.9 Å². The molecule has 8 heteroatoms. The van der Waals surface area contributed by atoms with Gasteiger partial charge in [0.2, 0.25) is 10.0 Å². The molecular weight excluding hydrogens is 384 g/mol. The van der Waals surface area contributed by atoms with E-state index in [2.05, 4.69) is 4.72 Å². The zero-order valence-electron chi connectivity index (χ0n) is 16.1. The molecule has 152 valence electrons. The van der Waals surface area contributed by atoms with Gasteiger partial charge in [0, 0.05) is 44.3 Å². The Kier molecular flexibility index (Phi) is 6.32. The molecule has 0 amide bonds. The number of benzene rings is 2. The summed E-state index contributed by atoms with van der Waals surface area (Å²) in [5, 5.41) is 0. The van der Waals surface area contributed by atoms with Crippen molar-refractivity contribution in [1.29, 1.82) is 0 Å². The minimum atomic E-state index is -4.08. The predicted molar refractivity (Wildman–Crippen MR) is 105 cm³/mol. The van der Waals surface area contributed by atoms with Crippen LogP contribution in [0, 0.1) is 11.6 Å². The highest BCUT2D eigenvalue weighted by atomic mass is 32.2. The summed E-state index contributed by atoms with van der Waals surface area (Å²) in [6, 6.07) is 10.4. The van der Waals surface area contributed by atoms with Gasteiger partial charge in [0.25, 0.3) is 0 Å². The third-order valence-corrected chi connectivity index (χ3v) is 6.67. The van der Waals surface area contributed by atoms with Gasteiger partial charge in [-0.2, -0.15) is 0 Å². The van der Waals surface area contributed by atoms with Crippen molar-refractivity contribution in [1.82, 2.24) is 4.72 Å². The van der Waals surface area contributed by atoms with Gasteiger partial charge in [-0.05, 0) is 24.3 Å². The van der Waals surface area contributed by atoms with E-state index in [1.807, 2.05) is 43.3 Å². The van der Waals surface area contributed by atoms with Crippen LogP contribution in [-0.4, -0.2) is 42.1 Å². The van der Waals surface area contributed by atoms with E-state index in [-0.39, 0.29) is 12.6 Å². The normalized spacial score (nSPS) is 16.3. The lowest BCUT2D eigenvalue weighted by molar-refractivity contribution is -0.918. The molecular formula is C20H26F2N3O2S+. The van der Waals surface area contributed by atoms with Gasteiger partial charge in [-0.3, -0.25) is 0 Å². The molecule has 1 atom stereocenters. The molecule has 1 aliphatic heterocycles. The van der Waals surface area contributed by atoms with Crippen LogP contribution >= 0.6 is 0 Å². The lowest BCUT2D eigenvalue weighted by Gasteiger charge is -2.26. The first-order valence-electron chi connectivity index (χ1n) is 9.34. The lowest BCUT2D eigenvalue weighted by Crippen LogP contribution is -3.11. The Balaban J connectivity index is 1.81. The van der Waals surface area contributed by atoms with Crippen molar-refractivity contribution < 1.29 is 22.1 Å². The van der Waals surface area contributed by atoms with Crippen molar-refractivity contribution in [2.75, 3.05) is 38.6 Å². The van der Waals surface area contributed by atoms with Gasteiger partial charge in [-0.15, -0.1) is 0 Å². The smallest absolute Gasteiger partial charge is 0.243 e. The molecule has 0 aromatic heterocycles. The van der Waals surface area contributed by atoms with E-state index < -0.39 is 26.6 Å². The van der Waals surface area contributed by atoms with Crippen molar-refractivity contribution in [3.8, 4) is 0 Å². The van der Waals surface area contributed by atoms with Gasteiger partial charge >= 0.3 is 0 Å². The van der Waals surface area contributed by atoms with E-state index >= 15 is 0 Å². The molecule has 1 fully saturated rings. The number of quaternary nitrogens is 1. The highest BCUT2D eigenvalue weighted by molar-refractivity contribution is 7.89. The predicted octanol–water partition coefficient (Wildman–Crippen LogP) is 1.73. The second kappa shape index (κ2) is 8.55. The molecule has 1 aliphatic rings. The SMILES string of the molecule is CN(C)c1ccc([C@@H](CNS(=O)(=O)c2ccc(F)cc2F)[NH+]2CCCC2)cc1. The number of halogens is 2. The van der Waals surface area contributed by atoms with Gasteiger partial charge in [-0.25, -0.2) is 21.9 Å². The van der Waals surface area contributed by atoms with E-state index in [0.717, 1.165) is 49.3 Å². The maximum atomic E-state index is 13.9. The molecule has 0 bridgehead atoms. The number of sulfonamides is 1. The first-order valence-corrected chi connectivity index (χ1v) is 10.8. The first-order chi connectivity index (χ1) is 13.3. The van der Waals surface area contributed by atoms with Gasteiger partial charge in [0.15, 0.2) is 0 Å². The molecule has 1 heterocycles. The third kappa shape index (κ3) is 4.68. The van der Waals surface area contributed by atoms with E-state index in [0.29, 0.717) is 6.07 Å². The van der Waals surface area contributed by atoms with Gasteiger partial charge in [0.1, 0.15) is 22.6 Å². The molecule has 0 aliphatic carbocycles. The molecule has 0 radical (unpaired) electrons.